The van der Waals surface area contributed by atoms with Crippen molar-refractivity contribution in [2.45, 2.75) is 26.4 Å². The van der Waals surface area contributed by atoms with Crippen LogP contribution in [-0.2, 0) is 6.54 Å². The van der Waals surface area contributed by atoms with Gasteiger partial charge in [0.2, 0.25) is 0 Å². The van der Waals surface area contributed by atoms with Gasteiger partial charge in [0.15, 0.2) is 5.11 Å². The SMILES string of the molecule is Cc1ccc(C)c(NC(=S)N2CCn3cccc3C2c2ccc(Cl)cc2Cl)c1. The summed E-state index contributed by atoms with van der Waals surface area (Å²) in [6, 6.07) is 16.1. The van der Waals surface area contributed by atoms with Crippen LogP contribution in [0.25, 0.3) is 0 Å². The summed E-state index contributed by atoms with van der Waals surface area (Å²) in [5, 5.41) is 5.42. The zero-order chi connectivity index (χ0) is 19.8. The maximum absolute atomic E-state index is 6.59. The molecule has 144 valence electrons. The lowest BCUT2D eigenvalue weighted by Gasteiger charge is -2.39. The van der Waals surface area contributed by atoms with Crippen molar-refractivity contribution in [3.05, 3.63) is 87.2 Å². The summed E-state index contributed by atoms with van der Waals surface area (Å²) in [6.07, 6.45) is 2.10. The van der Waals surface area contributed by atoms with Gasteiger partial charge < -0.3 is 14.8 Å². The van der Waals surface area contributed by atoms with Crippen LogP contribution < -0.4 is 5.32 Å². The van der Waals surface area contributed by atoms with Crippen molar-refractivity contribution >= 4 is 46.2 Å². The van der Waals surface area contributed by atoms with Gasteiger partial charge in [-0.15, -0.1) is 0 Å². The number of thiocarbonyl (C=S) groups is 1. The minimum atomic E-state index is -0.0707. The zero-order valence-corrected chi connectivity index (χ0v) is 18.1. The molecule has 1 aromatic heterocycles. The van der Waals surface area contributed by atoms with E-state index in [1.807, 2.05) is 12.1 Å². The molecule has 0 saturated carbocycles. The lowest BCUT2D eigenvalue weighted by Crippen LogP contribution is -2.44. The Morgan fingerprint density at radius 2 is 1.89 bits per heavy atom. The average Bonchev–Trinajstić information content (AvgIpc) is 3.13. The molecule has 1 N–H and O–H groups in total. The molecule has 28 heavy (non-hydrogen) atoms. The zero-order valence-electron chi connectivity index (χ0n) is 15.7. The normalized spacial score (nSPS) is 16.0. The Morgan fingerprint density at radius 3 is 2.68 bits per heavy atom. The molecule has 2 aromatic carbocycles. The van der Waals surface area contributed by atoms with Crippen LogP contribution >= 0.6 is 35.4 Å². The predicted molar refractivity (Wildman–Crippen MR) is 122 cm³/mol. The number of nitrogens with one attached hydrogen (secondary N) is 1. The van der Waals surface area contributed by atoms with Crippen molar-refractivity contribution in [1.82, 2.24) is 9.47 Å². The monoisotopic (exact) mass is 429 g/mol. The Bertz CT molecular complexity index is 1040. The van der Waals surface area contributed by atoms with Crippen molar-refractivity contribution in [1.29, 1.82) is 0 Å². The summed E-state index contributed by atoms with van der Waals surface area (Å²) in [5.41, 5.74) is 5.55. The van der Waals surface area contributed by atoms with Gasteiger partial charge in [0.05, 0.1) is 6.04 Å². The quantitative estimate of drug-likeness (QED) is 0.488. The van der Waals surface area contributed by atoms with E-state index in [0.29, 0.717) is 15.2 Å². The molecule has 0 spiro atoms. The first-order valence-corrected chi connectivity index (χ1v) is 10.4. The highest BCUT2D eigenvalue weighted by Gasteiger charge is 2.32. The third-order valence-corrected chi connectivity index (χ3v) is 6.09. The molecule has 0 bridgehead atoms. The number of hydrogen-bond donors (Lipinski definition) is 1. The largest absolute Gasteiger partial charge is 0.348 e. The van der Waals surface area contributed by atoms with Crippen molar-refractivity contribution in [3.63, 3.8) is 0 Å². The standard InChI is InChI=1S/C22H21Cl2N3S/c1-14-5-6-15(2)19(12-14)25-22(28)27-11-10-26-9-3-4-20(26)21(27)17-8-7-16(23)13-18(17)24/h3-9,12-13,21H,10-11H2,1-2H3,(H,25,28). The van der Waals surface area contributed by atoms with Gasteiger partial charge in [-0.2, -0.15) is 0 Å². The van der Waals surface area contributed by atoms with Crippen LogP contribution in [0.1, 0.15) is 28.4 Å². The van der Waals surface area contributed by atoms with Crippen LogP contribution in [-0.4, -0.2) is 21.1 Å². The smallest absolute Gasteiger partial charge is 0.174 e. The third kappa shape index (κ3) is 3.64. The molecule has 0 radical (unpaired) electrons. The minimum Gasteiger partial charge on any atom is -0.348 e. The highest BCUT2D eigenvalue weighted by atomic mass is 35.5. The minimum absolute atomic E-state index is 0.0707. The maximum atomic E-state index is 6.59. The molecule has 0 aliphatic carbocycles. The second-order valence-corrected chi connectivity index (χ2v) is 8.37. The Kier molecular flexibility index (Phi) is 5.37. The summed E-state index contributed by atoms with van der Waals surface area (Å²) in [7, 11) is 0. The van der Waals surface area contributed by atoms with Gasteiger partial charge in [-0.05, 0) is 73.1 Å². The number of fused-ring (bicyclic) bond motifs is 1. The van der Waals surface area contributed by atoms with Crippen LogP contribution in [0.2, 0.25) is 10.0 Å². The lowest BCUT2D eigenvalue weighted by molar-refractivity contribution is 0.293. The van der Waals surface area contributed by atoms with Gasteiger partial charge >= 0.3 is 0 Å². The van der Waals surface area contributed by atoms with E-state index >= 15 is 0 Å². The van der Waals surface area contributed by atoms with Gasteiger partial charge in [-0.25, -0.2) is 0 Å². The van der Waals surface area contributed by atoms with Crippen molar-refractivity contribution in [3.8, 4) is 0 Å². The summed E-state index contributed by atoms with van der Waals surface area (Å²) in [6.45, 7) is 5.83. The maximum Gasteiger partial charge on any atom is 0.174 e. The summed E-state index contributed by atoms with van der Waals surface area (Å²) in [5.74, 6) is 0. The van der Waals surface area contributed by atoms with E-state index in [1.54, 1.807) is 6.07 Å². The van der Waals surface area contributed by atoms with Gasteiger partial charge in [0.1, 0.15) is 0 Å². The molecule has 1 unspecified atom stereocenters. The van der Waals surface area contributed by atoms with E-state index in [1.165, 1.54) is 11.3 Å². The van der Waals surface area contributed by atoms with Gasteiger partial charge in [0.25, 0.3) is 0 Å². The van der Waals surface area contributed by atoms with E-state index in [0.717, 1.165) is 29.9 Å². The number of aromatic nitrogens is 1. The first-order chi connectivity index (χ1) is 13.4. The second kappa shape index (κ2) is 7.78. The number of hydrogen-bond acceptors (Lipinski definition) is 1. The van der Waals surface area contributed by atoms with Crippen molar-refractivity contribution in [2.75, 3.05) is 11.9 Å². The van der Waals surface area contributed by atoms with Crippen LogP contribution in [0.4, 0.5) is 5.69 Å². The van der Waals surface area contributed by atoms with E-state index in [2.05, 4.69) is 65.2 Å². The van der Waals surface area contributed by atoms with Crippen LogP contribution in [0.3, 0.4) is 0 Å². The number of halogens is 2. The van der Waals surface area contributed by atoms with E-state index in [-0.39, 0.29) is 6.04 Å². The van der Waals surface area contributed by atoms with Crippen LogP contribution in [0.5, 0.6) is 0 Å². The number of rotatable bonds is 2. The van der Waals surface area contributed by atoms with Crippen molar-refractivity contribution in [2.24, 2.45) is 0 Å². The first-order valence-electron chi connectivity index (χ1n) is 9.19. The van der Waals surface area contributed by atoms with Gasteiger partial charge in [0, 0.05) is 40.7 Å². The van der Waals surface area contributed by atoms with Crippen LogP contribution in [0, 0.1) is 13.8 Å². The van der Waals surface area contributed by atoms with Gasteiger partial charge in [-0.3, -0.25) is 0 Å². The molecule has 1 atom stereocenters. The van der Waals surface area contributed by atoms with E-state index in [9.17, 15) is 0 Å². The molecular weight excluding hydrogens is 409 g/mol. The molecule has 6 heteroatoms. The van der Waals surface area contributed by atoms with Crippen LogP contribution in [0.15, 0.2) is 54.7 Å². The molecule has 0 fully saturated rings. The topological polar surface area (TPSA) is 20.2 Å². The number of anilines is 1. The Hall–Kier alpha value is -2.01. The fourth-order valence-electron chi connectivity index (χ4n) is 3.71. The molecule has 1 aliphatic heterocycles. The van der Waals surface area contributed by atoms with E-state index in [4.69, 9.17) is 35.4 Å². The molecule has 3 aromatic rings. The molecular formula is C22H21Cl2N3S. The average molecular weight is 430 g/mol. The highest BCUT2D eigenvalue weighted by Crippen LogP contribution is 2.37. The molecule has 3 nitrogen and oxygen atoms in total. The Labute approximate surface area is 180 Å². The second-order valence-electron chi connectivity index (χ2n) is 7.14. The highest BCUT2D eigenvalue weighted by molar-refractivity contribution is 7.80. The summed E-state index contributed by atoms with van der Waals surface area (Å²) < 4.78 is 2.26. The fourth-order valence-corrected chi connectivity index (χ4v) is 4.53. The Morgan fingerprint density at radius 1 is 1.07 bits per heavy atom. The summed E-state index contributed by atoms with van der Waals surface area (Å²) >= 11 is 18.6. The van der Waals surface area contributed by atoms with Gasteiger partial charge in [-0.1, -0.05) is 41.4 Å². The van der Waals surface area contributed by atoms with E-state index < -0.39 is 0 Å². The molecule has 2 heterocycles. The lowest BCUT2D eigenvalue weighted by atomic mass is 10.00. The summed E-state index contributed by atoms with van der Waals surface area (Å²) in [4.78, 5) is 2.21. The number of benzene rings is 2. The first kappa shape index (κ1) is 19.3. The van der Waals surface area contributed by atoms with Crippen molar-refractivity contribution < 1.29 is 0 Å². The number of aryl methyl sites for hydroxylation is 2. The molecule has 0 saturated heterocycles. The molecule has 4 rings (SSSR count). The number of nitrogens with zero attached hydrogens (tertiary/aromatic N) is 2. The predicted octanol–water partition coefficient (Wildman–Crippen LogP) is 6.21. The molecule has 0 amide bonds. The Balaban J connectivity index is 1.72. The molecule has 1 aliphatic rings. The fraction of sp³-hybridized carbons (Fsp3) is 0.227. The third-order valence-electron chi connectivity index (χ3n) is 5.19.